The molecule has 1 aliphatic heterocycles. The zero-order chi connectivity index (χ0) is 24.8. The van der Waals surface area contributed by atoms with Gasteiger partial charge in [-0.1, -0.05) is 43.6 Å². The molecule has 0 unspecified atom stereocenters. The van der Waals surface area contributed by atoms with Crippen molar-refractivity contribution in [2.45, 2.75) is 20.0 Å². The summed E-state index contributed by atoms with van der Waals surface area (Å²) in [6.07, 6.45) is 2.60. The number of hydrogen-bond acceptors (Lipinski definition) is 6. The van der Waals surface area contributed by atoms with Crippen LogP contribution < -0.4 is 14.8 Å². The summed E-state index contributed by atoms with van der Waals surface area (Å²) in [6.45, 7) is 8.41. The number of ether oxygens (including phenoxy) is 2. The number of halogens is 2. The number of amides is 1. The predicted molar refractivity (Wildman–Crippen MR) is 135 cm³/mol. The van der Waals surface area contributed by atoms with E-state index >= 15 is 0 Å². The number of likely N-dealkylation sites (tertiary alicyclic amines) is 1. The molecule has 2 heterocycles. The van der Waals surface area contributed by atoms with Crippen LogP contribution in [0.5, 0.6) is 11.5 Å². The van der Waals surface area contributed by atoms with Gasteiger partial charge in [0.25, 0.3) is 0 Å². The van der Waals surface area contributed by atoms with E-state index in [0.717, 1.165) is 0 Å². The lowest BCUT2D eigenvalue weighted by Gasteiger charge is -2.38. The third-order valence-corrected chi connectivity index (χ3v) is 5.83. The van der Waals surface area contributed by atoms with Crippen LogP contribution in [0.1, 0.15) is 19.4 Å². The molecule has 9 heteroatoms. The number of anilines is 2. The van der Waals surface area contributed by atoms with Crippen molar-refractivity contribution >= 4 is 51.4 Å². The fraction of sp³-hybridized carbons (Fsp3) is 0.240. The number of nitrogens with one attached hydrogen (secondary N) is 1. The smallest absolute Gasteiger partial charge is 0.246 e. The maximum atomic E-state index is 11.7. The molecular formula is C25H24Cl2N4O3. The Labute approximate surface area is 208 Å². The molecule has 1 N–H and O–H groups in total. The lowest BCUT2D eigenvalue weighted by Crippen LogP contribution is -2.55. The van der Waals surface area contributed by atoms with Crippen molar-refractivity contribution in [1.29, 1.82) is 5.26 Å². The normalized spacial score (nSPS) is 12.6. The minimum absolute atomic E-state index is 0.133. The van der Waals surface area contributed by atoms with E-state index in [0.29, 0.717) is 62.5 Å². The summed E-state index contributed by atoms with van der Waals surface area (Å²) in [6, 6.07) is 10.8. The maximum absolute atomic E-state index is 11.7. The summed E-state index contributed by atoms with van der Waals surface area (Å²) in [5, 5.41) is 14.4. The van der Waals surface area contributed by atoms with Gasteiger partial charge in [-0.05, 0) is 30.3 Å². The molecule has 0 spiro atoms. The molecule has 1 aliphatic rings. The summed E-state index contributed by atoms with van der Waals surface area (Å²) in [5.74, 6) is 0.861. The highest BCUT2D eigenvalue weighted by molar-refractivity contribution is 6.42. The molecule has 0 atom stereocenters. The van der Waals surface area contributed by atoms with Gasteiger partial charge in [-0.15, -0.1) is 0 Å². The lowest BCUT2D eigenvalue weighted by molar-refractivity contribution is -0.134. The van der Waals surface area contributed by atoms with Crippen LogP contribution in [-0.2, 0) is 4.79 Å². The van der Waals surface area contributed by atoms with E-state index < -0.39 is 0 Å². The summed E-state index contributed by atoms with van der Waals surface area (Å²) < 4.78 is 11.6. The van der Waals surface area contributed by atoms with Crippen LogP contribution in [0.15, 0.2) is 49.2 Å². The number of aromatic nitrogens is 1. The van der Waals surface area contributed by atoms with Crippen LogP contribution in [0.25, 0.3) is 10.9 Å². The SMILES string of the molecule is C=CC(=O)N1CC(Oc2cc3c(Nc4ccc(Cl)c(Cl)c4)c(C#N)cnc3cc2OC)C1.CC. The quantitative estimate of drug-likeness (QED) is 0.421. The highest BCUT2D eigenvalue weighted by Crippen LogP contribution is 2.38. The number of hydrogen-bond donors (Lipinski definition) is 1. The molecule has 176 valence electrons. The average Bonchev–Trinajstić information content (AvgIpc) is 2.84. The first kappa shape index (κ1) is 25.2. The molecule has 1 aromatic heterocycles. The van der Waals surface area contributed by atoms with Crippen LogP contribution in [0.4, 0.5) is 11.4 Å². The molecule has 0 bridgehead atoms. The number of carbonyl (C=O) groups excluding carboxylic acids is 1. The topological polar surface area (TPSA) is 87.5 Å². The van der Waals surface area contributed by atoms with E-state index in [1.807, 2.05) is 13.8 Å². The highest BCUT2D eigenvalue weighted by atomic mass is 35.5. The second kappa shape index (κ2) is 11.1. The van der Waals surface area contributed by atoms with Gasteiger partial charge >= 0.3 is 0 Å². The van der Waals surface area contributed by atoms with Crippen LogP contribution >= 0.6 is 23.2 Å². The number of nitrogens with zero attached hydrogens (tertiary/aromatic N) is 3. The number of nitriles is 1. The van der Waals surface area contributed by atoms with Gasteiger partial charge in [-0.3, -0.25) is 9.78 Å². The molecule has 0 saturated carbocycles. The highest BCUT2D eigenvalue weighted by Gasteiger charge is 2.31. The van der Waals surface area contributed by atoms with Gasteiger partial charge < -0.3 is 19.7 Å². The summed E-state index contributed by atoms with van der Waals surface area (Å²) >= 11 is 12.2. The average molecular weight is 499 g/mol. The number of carbonyl (C=O) groups is 1. The van der Waals surface area contributed by atoms with E-state index in [2.05, 4.69) is 22.9 Å². The largest absolute Gasteiger partial charge is 0.493 e. The predicted octanol–water partition coefficient (Wildman–Crippen LogP) is 5.97. The van der Waals surface area contributed by atoms with Crippen molar-refractivity contribution in [3.05, 3.63) is 64.8 Å². The van der Waals surface area contributed by atoms with Gasteiger partial charge in [0.05, 0.1) is 47.0 Å². The second-order valence-corrected chi connectivity index (χ2v) is 7.93. The molecule has 4 rings (SSSR count). The van der Waals surface area contributed by atoms with Crippen LogP contribution in [0, 0.1) is 11.3 Å². The number of fused-ring (bicyclic) bond motifs is 1. The Bertz CT molecular complexity index is 1270. The molecule has 1 saturated heterocycles. The number of rotatable bonds is 6. The number of benzene rings is 2. The van der Waals surface area contributed by atoms with E-state index in [9.17, 15) is 10.1 Å². The molecule has 3 aromatic rings. The Hall–Kier alpha value is -3.47. The first-order valence-corrected chi connectivity index (χ1v) is 11.4. The minimum Gasteiger partial charge on any atom is -0.493 e. The molecular weight excluding hydrogens is 475 g/mol. The standard InChI is InChI=1S/C23H18Cl2N4O3.C2H6/c1-3-22(30)29-11-15(12-29)32-21-7-16-19(8-20(21)31-2)27-10-13(9-26)23(16)28-14-4-5-17(24)18(25)6-14;1-2/h3-8,10,15H,1,11-12H2,2H3,(H,27,28);1-2H3. The van der Waals surface area contributed by atoms with Gasteiger partial charge in [0, 0.05) is 23.3 Å². The molecule has 0 radical (unpaired) electrons. The van der Waals surface area contributed by atoms with Crippen LogP contribution in [0.2, 0.25) is 10.0 Å². The van der Waals surface area contributed by atoms with Gasteiger partial charge in [0.1, 0.15) is 12.2 Å². The van der Waals surface area contributed by atoms with Crippen molar-refractivity contribution in [3.63, 3.8) is 0 Å². The molecule has 2 aromatic carbocycles. The summed E-state index contributed by atoms with van der Waals surface area (Å²) in [5.41, 5.74) is 2.19. The second-order valence-electron chi connectivity index (χ2n) is 7.12. The van der Waals surface area contributed by atoms with Gasteiger partial charge in [0.2, 0.25) is 5.91 Å². The third kappa shape index (κ3) is 5.19. The van der Waals surface area contributed by atoms with Crippen LogP contribution in [-0.4, -0.2) is 42.1 Å². The van der Waals surface area contributed by atoms with Crippen molar-refractivity contribution in [2.24, 2.45) is 0 Å². The monoisotopic (exact) mass is 498 g/mol. The Balaban J connectivity index is 0.00000158. The Morgan fingerprint density at radius 2 is 1.97 bits per heavy atom. The molecule has 0 aliphatic carbocycles. The third-order valence-electron chi connectivity index (χ3n) is 5.09. The van der Waals surface area contributed by atoms with Gasteiger partial charge in [-0.2, -0.15) is 5.26 Å². The molecule has 7 nitrogen and oxygen atoms in total. The Morgan fingerprint density at radius 1 is 1.24 bits per heavy atom. The molecule has 1 amide bonds. The Kier molecular flexibility index (Phi) is 8.21. The summed E-state index contributed by atoms with van der Waals surface area (Å²) in [7, 11) is 1.54. The minimum atomic E-state index is -0.177. The van der Waals surface area contributed by atoms with Gasteiger partial charge in [-0.25, -0.2) is 0 Å². The van der Waals surface area contributed by atoms with E-state index in [-0.39, 0.29) is 12.0 Å². The van der Waals surface area contributed by atoms with Crippen molar-refractivity contribution < 1.29 is 14.3 Å². The van der Waals surface area contributed by atoms with Crippen molar-refractivity contribution in [2.75, 3.05) is 25.5 Å². The fourth-order valence-electron chi connectivity index (χ4n) is 3.39. The maximum Gasteiger partial charge on any atom is 0.246 e. The fourth-order valence-corrected chi connectivity index (χ4v) is 3.69. The van der Waals surface area contributed by atoms with Crippen molar-refractivity contribution in [3.8, 4) is 17.6 Å². The summed E-state index contributed by atoms with van der Waals surface area (Å²) in [4.78, 5) is 17.7. The van der Waals surface area contributed by atoms with E-state index in [4.69, 9.17) is 32.7 Å². The first-order valence-electron chi connectivity index (χ1n) is 10.6. The van der Waals surface area contributed by atoms with Gasteiger partial charge in [0.15, 0.2) is 11.5 Å². The lowest BCUT2D eigenvalue weighted by atomic mass is 10.1. The number of pyridine rings is 1. The molecule has 1 fully saturated rings. The Morgan fingerprint density at radius 3 is 2.59 bits per heavy atom. The number of methoxy groups -OCH3 is 1. The van der Waals surface area contributed by atoms with Crippen LogP contribution in [0.3, 0.4) is 0 Å². The zero-order valence-electron chi connectivity index (χ0n) is 19.1. The molecule has 34 heavy (non-hydrogen) atoms. The van der Waals surface area contributed by atoms with Crippen molar-refractivity contribution in [1.82, 2.24) is 9.88 Å². The van der Waals surface area contributed by atoms with E-state index in [1.165, 1.54) is 12.3 Å². The zero-order valence-corrected chi connectivity index (χ0v) is 20.6. The van der Waals surface area contributed by atoms with E-state index in [1.54, 1.807) is 42.3 Å². The first-order chi connectivity index (χ1) is 16.4.